The molecule has 0 bridgehead atoms. The van der Waals surface area contributed by atoms with E-state index in [1.54, 1.807) is 46.1 Å². The van der Waals surface area contributed by atoms with Crippen LogP contribution in [0.2, 0.25) is 0 Å². The lowest BCUT2D eigenvalue weighted by Gasteiger charge is -2.48. The number of carbonyl (C=O) groups excluding carboxylic acids is 2. The zero-order valence-corrected chi connectivity index (χ0v) is 27.4. The van der Waals surface area contributed by atoms with Gasteiger partial charge in [-0.2, -0.15) is 18.3 Å². The third-order valence-corrected chi connectivity index (χ3v) is 9.47. The highest BCUT2D eigenvalue weighted by atomic mass is 19.4. The lowest BCUT2D eigenvalue weighted by atomic mass is 9.79. The lowest BCUT2D eigenvalue weighted by molar-refractivity contribution is -0.169. The van der Waals surface area contributed by atoms with Crippen LogP contribution in [0, 0.1) is 11.2 Å². The van der Waals surface area contributed by atoms with Crippen molar-refractivity contribution < 1.29 is 50.6 Å². The third-order valence-electron chi connectivity index (χ3n) is 9.47. The molecule has 15 heteroatoms. The quantitative estimate of drug-likeness (QED) is 0.267. The Bertz CT molecular complexity index is 1680. The predicted molar refractivity (Wildman–Crippen MR) is 168 cm³/mol. The minimum absolute atomic E-state index is 0.113. The van der Waals surface area contributed by atoms with Crippen molar-refractivity contribution in [2.45, 2.75) is 69.7 Å². The number of halogens is 6. The van der Waals surface area contributed by atoms with Gasteiger partial charge in [0.05, 0.1) is 30.5 Å². The van der Waals surface area contributed by atoms with E-state index in [4.69, 9.17) is 4.74 Å². The number of methoxy groups -OCH3 is 1. The van der Waals surface area contributed by atoms with E-state index in [9.17, 15) is 45.8 Å². The maximum absolute atomic E-state index is 13.2. The van der Waals surface area contributed by atoms with E-state index < -0.39 is 30.4 Å². The van der Waals surface area contributed by atoms with Crippen molar-refractivity contribution in [1.29, 1.82) is 0 Å². The van der Waals surface area contributed by atoms with Gasteiger partial charge >= 0.3 is 12.1 Å². The predicted octanol–water partition coefficient (Wildman–Crippen LogP) is 6.52. The van der Waals surface area contributed by atoms with Crippen LogP contribution in [0.5, 0.6) is 0 Å². The second-order valence-electron chi connectivity index (χ2n) is 13.3. The number of aromatic carboxylic acids is 1. The van der Waals surface area contributed by atoms with Gasteiger partial charge in [-0.3, -0.25) is 14.3 Å². The minimum Gasteiger partial charge on any atom is -0.478 e. The van der Waals surface area contributed by atoms with Crippen LogP contribution >= 0.6 is 0 Å². The van der Waals surface area contributed by atoms with Gasteiger partial charge in [0, 0.05) is 57.7 Å². The molecule has 1 aromatic heterocycles. The van der Waals surface area contributed by atoms with Crippen molar-refractivity contribution in [3.05, 3.63) is 88.5 Å². The molecule has 6 rings (SSSR count). The molecule has 1 spiro atoms. The molecule has 2 saturated heterocycles. The number of nitrogens with zero attached hydrogens (tertiary/aromatic N) is 4. The van der Waals surface area contributed by atoms with Gasteiger partial charge in [-0.15, -0.1) is 0 Å². The average molecular weight is 709 g/mol. The first-order valence-electron chi connectivity index (χ1n) is 16.2. The summed E-state index contributed by atoms with van der Waals surface area (Å²) < 4.78 is 83.2. The normalized spacial score (nSPS) is 18.4. The van der Waals surface area contributed by atoms with Crippen LogP contribution in [0.15, 0.2) is 54.9 Å². The molecule has 0 unspecified atom stereocenters. The summed E-state index contributed by atoms with van der Waals surface area (Å²) in [4.78, 5) is 38.8. The topological polar surface area (TPSA) is 105 Å². The van der Waals surface area contributed by atoms with Crippen LogP contribution in [-0.2, 0) is 22.7 Å². The summed E-state index contributed by atoms with van der Waals surface area (Å²) in [7, 11) is 1.50. The highest BCUT2D eigenvalue weighted by molar-refractivity contribution is 5.94. The average Bonchev–Trinajstić information content (AvgIpc) is 3.69. The monoisotopic (exact) mass is 708 g/mol. The zero-order valence-electron chi connectivity index (χ0n) is 27.4. The van der Waals surface area contributed by atoms with Gasteiger partial charge < -0.3 is 19.6 Å². The molecule has 2 aliphatic heterocycles. The number of alkyl halides is 5. The standard InChI is InChI=1S/C20H20F4N4O2.C15H18F2O3/c21-16-3-1-14(2-4-16)9-28-10-15(8-25-28)18(30)26-6-5-19(11-26)12-27(13-19)17(29)7-20(22,23)24;1-20-9-11-3-2-4-12(13(11)14(18)19)10-5-7-15(16,17)8-6-10/h1-4,8,10H,5-7,9,11-13H2;2-4,10H,5-9H2,1H3,(H,18,19). The molecule has 3 fully saturated rings. The van der Waals surface area contributed by atoms with Crippen LogP contribution in [0.3, 0.4) is 0 Å². The molecule has 2 amide bonds. The molecule has 50 heavy (non-hydrogen) atoms. The first kappa shape index (κ1) is 36.9. The molecule has 1 saturated carbocycles. The van der Waals surface area contributed by atoms with E-state index in [0.717, 1.165) is 5.56 Å². The summed E-state index contributed by atoms with van der Waals surface area (Å²) in [6, 6.07) is 11.2. The SMILES string of the molecule is COCc1cccc(C2CCC(F)(F)CC2)c1C(=O)O.O=C(CC(F)(F)F)N1CC2(CCN(C(=O)c3cnn(Cc4ccc(F)cc4)c3)C2)C1. The maximum atomic E-state index is 13.2. The zero-order chi connectivity index (χ0) is 36.3. The number of hydrogen-bond acceptors (Lipinski definition) is 5. The summed E-state index contributed by atoms with van der Waals surface area (Å²) in [5, 5.41) is 13.6. The van der Waals surface area contributed by atoms with Gasteiger partial charge in [0.2, 0.25) is 11.8 Å². The second kappa shape index (κ2) is 14.8. The van der Waals surface area contributed by atoms with Crippen LogP contribution in [0.1, 0.15) is 81.8 Å². The van der Waals surface area contributed by atoms with Crippen molar-refractivity contribution in [2.75, 3.05) is 33.3 Å². The van der Waals surface area contributed by atoms with E-state index >= 15 is 0 Å². The number of benzene rings is 2. The van der Waals surface area contributed by atoms with Gasteiger partial charge in [-0.05, 0) is 54.0 Å². The fourth-order valence-corrected chi connectivity index (χ4v) is 6.96. The van der Waals surface area contributed by atoms with Crippen LogP contribution in [0.25, 0.3) is 0 Å². The second-order valence-corrected chi connectivity index (χ2v) is 13.3. The Morgan fingerprint density at radius 3 is 2.26 bits per heavy atom. The molecule has 3 heterocycles. The number of hydrogen-bond donors (Lipinski definition) is 1. The number of ether oxygens (including phenoxy) is 1. The molecule has 3 aliphatic rings. The Morgan fingerprint density at radius 2 is 1.64 bits per heavy atom. The Kier molecular flexibility index (Phi) is 10.9. The highest BCUT2D eigenvalue weighted by Crippen LogP contribution is 2.43. The molecular formula is C35H38F6N4O5. The fourth-order valence-electron chi connectivity index (χ4n) is 6.96. The Morgan fingerprint density at radius 1 is 0.980 bits per heavy atom. The van der Waals surface area contributed by atoms with E-state index in [-0.39, 0.29) is 61.2 Å². The number of rotatable bonds is 8. The molecular weight excluding hydrogens is 670 g/mol. The number of carboxylic acid groups (broad SMARTS) is 1. The smallest absolute Gasteiger partial charge is 0.397 e. The number of amides is 2. The van der Waals surface area contributed by atoms with Gasteiger partial charge in [0.1, 0.15) is 12.2 Å². The van der Waals surface area contributed by atoms with E-state index in [0.29, 0.717) is 55.6 Å². The number of aromatic nitrogens is 2. The van der Waals surface area contributed by atoms with Gasteiger partial charge in [-0.25, -0.2) is 18.0 Å². The van der Waals surface area contributed by atoms with Crippen LogP contribution in [-0.4, -0.2) is 87.9 Å². The van der Waals surface area contributed by atoms with Crippen molar-refractivity contribution in [1.82, 2.24) is 19.6 Å². The Balaban J connectivity index is 0.000000211. The number of carboxylic acids is 1. The summed E-state index contributed by atoms with van der Waals surface area (Å²) >= 11 is 0. The van der Waals surface area contributed by atoms with Crippen molar-refractivity contribution in [2.24, 2.45) is 5.41 Å². The summed E-state index contributed by atoms with van der Waals surface area (Å²) in [6.07, 6.45) is -1.92. The fraction of sp³-hybridized carbons (Fsp3) is 0.486. The summed E-state index contributed by atoms with van der Waals surface area (Å²) in [6.45, 7) is 1.99. The maximum Gasteiger partial charge on any atom is 0.397 e. The van der Waals surface area contributed by atoms with Crippen molar-refractivity contribution >= 4 is 17.8 Å². The molecule has 2 aromatic carbocycles. The lowest BCUT2D eigenvalue weighted by Crippen LogP contribution is -2.60. The summed E-state index contributed by atoms with van der Waals surface area (Å²) in [5.74, 6) is -5.18. The molecule has 9 nitrogen and oxygen atoms in total. The number of likely N-dealkylation sites (tertiary alicyclic amines) is 2. The van der Waals surface area contributed by atoms with Gasteiger partial charge in [-0.1, -0.05) is 30.3 Å². The Hall–Kier alpha value is -4.40. The van der Waals surface area contributed by atoms with Crippen molar-refractivity contribution in [3.8, 4) is 0 Å². The van der Waals surface area contributed by atoms with E-state index in [1.807, 2.05) is 0 Å². The minimum atomic E-state index is -4.51. The van der Waals surface area contributed by atoms with Gasteiger partial charge in [0.25, 0.3) is 5.91 Å². The Labute approximate surface area is 284 Å². The van der Waals surface area contributed by atoms with E-state index in [1.165, 1.54) is 30.3 Å². The third kappa shape index (κ3) is 9.03. The summed E-state index contributed by atoms with van der Waals surface area (Å²) in [5.41, 5.74) is 2.40. The molecule has 3 aromatic rings. The number of carbonyl (C=O) groups is 3. The highest BCUT2D eigenvalue weighted by Gasteiger charge is 2.51. The van der Waals surface area contributed by atoms with Crippen molar-refractivity contribution in [3.63, 3.8) is 0 Å². The molecule has 1 N–H and O–H groups in total. The molecule has 270 valence electrons. The first-order chi connectivity index (χ1) is 23.6. The largest absolute Gasteiger partial charge is 0.478 e. The molecule has 1 aliphatic carbocycles. The van der Waals surface area contributed by atoms with Gasteiger partial charge in [0.15, 0.2) is 0 Å². The van der Waals surface area contributed by atoms with Crippen LogP contribution in [0.4, 0.5) is 26.3 Å². The molecule has 0 radical (unpaired) electrons. The van der Waals surface area contributed by atoms with Crippen LogP contribution < -0.4 is 0 Å². The first-order valence-corrected chi connectivity index (χ1v) is 16.2. The van der Waals surface area contributed by atoms with E-state index in [2.05, 4.69) is 5.10 Å². The molecule has 0 atom stereocenters.